The number of hydrogen-bond donors (Lipinski definition) is 2. The van der Waals surface area contributed by atoms with Crippen molar-refractivity contribution in [1.82, 2.24) is 0 Å². The maximum absolute atomic E-state index is 13.2. The Kier molecular flexibility index (Phi) is 3.81. The molecule has 0 saturated carbocycles. The summed E-state index contributed by atoms with van der Waals surface area (Å²) in [5.41, 5.74) is 10.1. The molecule has 0 aliphatic heterocycles. The van der Waals surface area contributed by atoms with Gasteiger partial charge in [-0.2, -0.15) is 0 Å². The lowest BCUT2D eigenvalue weighted by Crippen LogP contribution is -2.12. The fourth-order valence-electron chi connectivity index (χ4n) is 1.86. The molecule has 0 aliphatic carbocycles. The molecule has 0 radical (unpaired) electrons. The highest BCUT2D eigenvalue weighted by Gasteiger charge is 2.08. The van der Waals surface area contributed by atoms with E-state index in [0.29, 0.717) is 11.3 Å². The number of anilines is 2. The molecule has 2 aromatic carbocycles. The average Bonchev–Trinajstić information content (AvgIpc) is 2.36. The lowest BCUT2D eigenvalue weighted by atomic mass is 10.1. The fraction of sp³-hybridized carbons (Fsp3) is 0.133. The molecule has 2 aromatic rings. The minimum Gasteiger partial charge on any atom is -0.389 e. The van der Waals surface area contributed by atoms with Gasteiger partial charge in [-0.25, -0.2) is 4.39 Å². The molecule has 0 amide bonds. The summed E-state index contributed by atoms with van der Waals surface area (Å²) >= 11 is 4.96. The van der Waals surface area contributed by atoms with Gasteiger partial charge in [-0.3, -0.25) is 0 Å². The third kappa shape index (κ3) is 2.90. The van der Waals surface area contributed by atoms with E-state index >= 15 is 0 Å². The molecule has 98 valence electrons. The number of nitrogens with one attached hydrogen (secondary N) is 1. The van der Waals surface area contributed by atoms with Gasteiger partial charge in [-0.1, -0.05) is 24.4 Å². The average molecular weight is 274 g/mol. The summed E-state index contributed by atoms with van der Waals surface area (Å²) in [6.45, 7) is 4.07. The monoisotopic (exact) mass is 274 g/mol. The van der Waals surface area contributed by atoms with Crippen LogP contribution < -0.4 is 11.1 Å². The Labute approximate surface area is 117 Å². The predicted octanol–water partition coefficient (Wildman–Crippen LogP) is 3.82. The molecule has 0 aliphatic rings. The summed E-state index contributed by atoms with van der Waals surface area (Å²) in [6, 6.07) is 10.3. The molecule has 19 heavy (non-hydrogen) atoms. The van der Waals surface area contributed by atoms with Crippen molar-refractivity contribution in [3.8, 4) is 0 Å². The second-order valence-corrected chi connectivity index (χ2v) is 4.87. The van der Waals surface area contributed by atoms with Crippen LogP contribution >= 0.6 is 12.2 Å². The van der Waals surface area contributed by atoms with Gasteiger partial charge in [0, 0.05) is 16.9 Å². The Morgan fingerprint density at radius 2 is 1.89 bits per heavy atom. The molecule has 0 heterocycles. The van der Waals surface area contributed by atoms with Crippen LogP contribution in [0.2, 0.25) is 0 Å². The number of hydrogen-bond acceptors (Lipinski definition) is 2. The molecule has 2 nitrogen and oxygen atoms in total. The predicted molar refractivity (Wildman–Crippen MR) is 81.5 cm³/mol. The SMILES string of the molecule is Cc1cccc(Nc2ccc(F)cc2C(N)=S)c1C. The summed E-state index contributed by atoms with van der Waals surface area (Å²) in [5, 5.41) is 3.26. The zero-order valence-electron chi connectivity index (χ0n) is 10.8. The minimum atomic E-state index is -0.352. The Morgan fingerprint density at radius 3 is 2.58 bits per heavy atom. The largest absolute Gasteiger partial charge is 0.389 e. The van der Waals surface area contributed by atoms with E-state index in [9.17, 15) is 4.39 Å². The van der Waals surface area contributed by atoms with Crippen LogP contribution in [-0.4, -0.2) is 4.99 Å². The van der Waals surface area contributed by atoms with Gasteiger partial charge in [0.25, 0.3) is 0 Å². The van der Waals surface area contributed by atoms with Gasteiger partial charge < -0.3 is 11.1 Å². The summed E-state index contributed by atoms with van der Waals surface area (Å²) in [6.07, 6.45) is 0. The van der Waals surface area contributed by atoms with Gasteiger partial charge in [0.2, 0.25) is 0 Å². The van der Waals surface area contributed by atoms with Crippen molar-refractivity contribution in [2.24, 2.45) is 5.73 Å². The van der Waals surface area contributed by atoms with Gasteiger partial charge in [0.15, 0.2) is 0 Å². The van der Waals surface area contributed by atoms with Crippen LogP contribution in [0, 0.1) is 19.7 Å². The smallest absolute Gasteiger partial charge is 0.124 e. The van der Waals surface area contributed by atoms with E-state index in [1.807, 2.05) is 32.0 Å². The number of thiocarbonyl (C=S) groups is 1. The second-order valence-electron chi connectivity index (χ2n) is 4.43. The summed E-state index contributed by atoms with van der Waals surface area (Å²) in [7, 11) is 0. The van der Waals surface area contributed by atoms with Gasteiger partial charge in [0.05, 0.1) is 0 Å². The summed E-state index contributed by atoms with van der Waals surface area (Å²) < 4.78 is 13.2. The highest BCUT2D eigenvalue weighted by molar-refractivity contribution is 7.80. The van der Waals surface area contributed by atoms with E-state index in [1.54, 1.807) is 6.07 Å². The number of halogens is 1. The topological polar surface area (TPSA) is 38.0 Å². The van der Waals surface area contributed by atoms with E-state index in [0.717, 1.165) is 11.3 Å². The van der Waals surface area contributed by atoms with E-state index in [-0.39, 0.29) is 10.8 Å². The molecule has 0 saturated heterocycles. The standard InChI is InChI=1S/C15H15FN2S/c1-9-4-3-5-13(10(9)2)18-14-7-6-11(16)8-12(14)15(17)19/h3-8,18H,1-2H3,(H2,17,19). The van der Waals surface area contributed by atoms with Crippen molar-refractivity contribution in [3.63, 3.8) is 0 Å². The molecule has 0 fully saturated rings. The maximum Gasteiger partial charge on any atom is 0.124 e. The molecule has 4 heteroatoms. The summed E-state index contributed by atoms with van der Waals surface area (Å²) in [4.78, 5) is 0.173. The van der Waals surface area contributed by atoms with E-state index in [4.69, 9.17) is 18.0 Å². The normalized spacial score (nSPS) is 10.3. The summed E-state index contributed by atoms with van der Waals surface area (Å²) in [5.74, 6) is -0.352. The Balaban J connectivity index is 2.44. The molecule has 0 spiro atoms. The van der Waals surface area contributed by atoms with Crippen LogP contribution in [-0.2, 0) is 0 Å². The fourth-order valence-corrected chi connectivity index (χ4v) is 2.03. The zero-order valence-corrected chi connectivity index (χ0v) is 11.6. The van der Waals surface area contributed by atoms with Crippen molar-refractivity contribution in [1.29, 1.82) is 0 Å². The minimum absolute atomic E-state index is 0.173. The van der Waals surface area contributed by atoms with Crippen LogP contribution in [0.15, 0.2) is 36.4 Å². The first-order chi connectivity index (χ1) is 8.99. The van der Waals surface area contributed by atoms with Gasteiger partial charge in [0.1, 0.15) is 10.8 Å². The molecule has 0 unspecified atom stereocenters. The van der Waals surface area contributed by atoms with Crippen LogP contribution in [0.1, 0.15) is 16.7 Å². The second kappa shape index (κ2) is 5.36. The van der Waals surface area contributed by atoms with Crippen molar-refractivity contribution in [3.05, 3.63) is 58.9 Å². The van der Waals surface area contributed by atoms with Crippen molar-refractivity contribution >= 4 is 28.6 Å². The van der Waals surface area contributed by atoms with Crippen molar-refractivity contribution in [2.45, 2.75) is 13.8 Å². The first kappa shape index (κ1) is 13.5. The van der Waals surface area contributed by atoms with Gasteiger partial charge in [-0.05, 0) is 49.2 Å². The lowest BCUT2D eigenvalue weighted by Gasteiger charge is -2.14. The lowest BCUT2D eigenvalue weighted by molar-refractivity contribution is 0.628. The van der Waals surface area contributed by atoms with E-state index in [2.05, 4.69) is 5.32 Å². The molecule has 0 aromatic heterocycles. The van der Waals surface area contributed by atoms with Crippen molar-refractivity contribution in [2.75, 3.05) is 5.32 Å². The number of rotatable bonds is 3. The number of benzene rings is 2. The van der Waals surface area contributed by atoms with E-state index in [1.165, 1.54) is 17.7 Å². The van der Waals surface area contributed by atoms with Crippen molar-refractivity contribution < 1.29 is 4.39 Å². The first-order valence-corrected chi connectivity index (χ1v) is 6.32. The highest BCUT2D eigenvalue weighted by atomic mass is 32.1. The van der Waals surface area contributed by atoms with Crippen LogP contribution in [0.5, 0.6) is 0 Å². The molecule has 0 bridgehead atoms. The number of aryl methyl sites for hydroxylation is 1. The highest BCUT2D eigenvalue weighted by Crippen LogP contribution is 2.25. The number of nitrogens with two attached hydrogens (primary N) is 1. The van der Waals surface area contributed by atoms with Crippen LogP contribution in [0.4, 0.5) is 15.8 Å². The first-order valence-electron chi connectivity index (χ1n) is 5.91. The Morgan fingerprint density at radius 1 is 1.16 bits per heavy atom. The molecular weight excluding hydrogens is 259 g/mol. The third-order valence-electron chi connectivity index (χ3n) is 3.12. The van der Waals surface area contributed by atoms with Gasteiger partial charge >= 0.3 is 0 Å². The Bertz CT molecular complexity index is 638. The van der Waals surface area contributed by atoms with Gasteiger partial charge in [-0.15, -0.1) is 0 Å². The third-order valence-corrected chi connectivity index (χ3v) is 3.34. The van der Waals surface area contributed by atoms with Crippen LogP contribution in [0.3, 0.4) is 0 Å². The maximum atomic E-state index is 13.2. The Hall–Kier alpha value is -1.94. The molecule has 3 N–H and O–H groups in total. The van der Waals surface area contributed by atoms with E-state index < -0.39 is 0 Å². The van der Waals surface area contributed by atoms with Crippen LogP contribution in [0.25, 0.3) is 0 Å². The molecular formula is C15H15FN2S. The molecule has 0 atom stereocenters. The zero-order chi connectivity index (χ0) is 14.0. The molecule has 2 rings (SSSR count). The quantitative estimate of drug-likeness (QED) is 0.836.